The molecule has 9 heteroatoms. The number of piperidine rings is 1. The molecule has 5 rings (SSSR count). The summed E-state index contributed by atoms with van der Waals surface area (Å²) in [6.45, 7) is 18.6. The minimum absolute atomic E-state index is 0.00521. The Kier molecular flexibility index (Phi) is 26.4. The Hall–Kier alpha value is -2.23. The summed E-state index contributed by atoms with van der Waals surface area (Å²) in [5.74, 6) is 3.95. The number of ether oxygens (including phenoxy) is 5. The van der Waals surface area contributed by atoms with Crippen molar-refractivity contribution in [3.63, 3.8) is 0 Å². The molecular weight excluding hydrogens is 875 g/mol. The number of carbonyl (C=O) groups is 3. The topological polar surface area (TPSA) is 101 Å². The molecule has 1 heterocycles. The van der Waals surface area contributed by atoms with Crippen LogP contribution in [0.25, 0.3) is 0 Å². The fourth-order valence-electron chi connectivity index (χ4n) is 14.3. The highest BCUT2D eigenvalue weighted by Gasteiger charge is 2.59. The molecule has 5 aliphatic rings. The summed E-state index contributed by atoms with van der Waals surface area (Å²) in [6, 6.07) is 0. The highest BCUT2D eigenvalue weighted by Crippen LogP contribution is 2.67. The standard InChI is InChI=1S/C61H105NO8/c1-8-9-10-11-12-13-14-15-16-17-18-19-20-21-22-23-41-67-46-52(45-62-39-35-49(36-40-62)59(65)66-7)68-42-43-69-57(63)31-32-58(64)70-51-33-37-60(5)50(44-51)27-28-53-55-30-29-54(48(4)26-24-25-47(2)3)61(55,6)38-34-56(53)60/h15-16,27,47-49,51-56H,8-14,17-26,28-46H2,1-7H3/b16-15-/t48-,51+,52?,53+,54+,55-,56?,60+,61-/m1/s1. The van der Waals surface area contributed by atoms with E-state index in [2.05, 4.69) is 64.7 Å². The fourth-order valence-corrected chi connectivity index (χ4v) is 14.3. The van der Waals surface area contributed by atoms with Crippen molar-refractivity contribution in [2.45, 2.75) is 240 Å². The van der Waals surface area contributed by atoms with Crippen LogP contribution < -0.4 is 0 Å². The molecule has 0 aromatic carbocycles. The van der Waals surface area contributed by atoms with Crippen LogP contribution in [0.3, 0.4) is 0 Å². The quantitative estimate of drug-likeness (QED) is 0.0270. The molecule has 9 atom stereocenters. The predicted octanol–water partition coefficient (Wildman–Crippen LogP) is 14.6. The maximum atomic E-state index is 13.1. The third-order valence-corrected chi connectivity index (χ3v) is 18.5. The van der Waals surface area contributed by atoms with E-state index in [1.165, 1.54) is 148 Å². The number of methoxy groups -OCH3 is 1. The molecule has 0 bridgehead atoms. The molecule has 0 aromatic rings. The normalized spacial score (nSPS) is 27.9. The number of hydrogen-bond donors (Lipinski definition) is 0. The molecule has 0 spiro atoms. The van der Waals surface area contributed by atoms with Crippen molar-refractivity contribution in [1.82, 2.24) is 4.90 Å². The number of likely N-dealkylation sites (tertiary alicyclic amines) is 1. The van der Waals surface area contributed by atoms with Crippen LogP contribution in [0.1, 0.15) is 228 Å². The molecule has 0 radical (unpaired) electrons. The summed E-state index contributed by atoms with van der Waals surface area (Å²) in [6.07, 6.45) is 40.1. The summed E-state index contributed by atoms with van der Waals surface area (Å²) in [5, 5.41) is 0. The number of allylic oxidation sites excluding steroid dienone is 3. The van der Waals surface area contributed by atoms with Crippen LogP contribution >= 0.6 is 0 Å². The van der Waals surface area contributed by atoms with E-state index in [1.54, 1.807) is 0 Å². The van der Waals surface area contributed by atoms with E-state index in [9.17, 15) is 14.4 Å². The third kappa shape index (κ3) is 18.6. The van der Waals surface area contributed by atoms with E-state index < -0.39 is 5.97 Å². The van der Waals surface area contributed by atoms with E-state index >= 15 is 0 Å². The zero-order valence-corrected chi connectivity index (χ0v) is 46.1. The number of hydrogen-bond acceptors (Lipinski definition) is 9. The average Bonchev–Trinajstić information content (AvgIpc) is 3.71. The largest absolute Gasteiger partial charge is 0.469 e. The molecule has 9 nitrogen and oxygen atoms in total. The van der Waals surface area contributed by atoms with Gasteiger partial charge in [0, 0.05) is 19.6 Å². The van der Waals surface area contributed by atoms with E-state index in [0.717, 1.165) is 87.1 Å². The van der Waals surface area contributed by atoms with E-state index in [-0.39, 0.29) is 61.5 Å². The molecule has 70 heavy (non-hydrogen) atoms. The zero-order chi connectivity index (χ0) is 50.2. The van der Waals surface area contributed by atoms with Gasteiger partial charge in [-0.1, -0.05) is 142 Å². The lowest BCUT2D eigenvalue weighted by Crippen LogP contribution is -2.51. The van der Waals surface area contributed by atoms with Crippen LogP contribution in [0.2, 0.25) is 0 Å². The highest BCUT2D eigenvalue weighted by atomic mass is 16.6. The number of unbranched alkanes of at least 4 members (excludes halogenated alkanes) is 12. The van der Waals surface area contributed by atoms with Gasteiger partial charge in [-0.25, -0.2) is 0 Å². The zero-order valence-electron chi connectivity index (χ0n) is 46.1. The van der Waals surface area contributed by atoms with Crippen LogP contribution in [0.4, 0.5) is 0 Å². The summed E-state index contributed by atoms with van der Waals surface area (Å²) >= 11 is 0. The van der Waals surface area contributed by atoms with E-state index in [1.807, 2.05) is 0 Å². The van der Waals surface area contributed by atoms with Crippen LogP contribution in [-0.4, -0.2) is 88.2 Å². The summed E-state index contributed by atoms with van der Waals surface area (Å²) < 4.78 is 29.0. The van der Waals surface area contributed by atoms with Gasteiger partial charge in [-0.2, -0.15) is 0 Å². The van der Waals surface area contributed by atoms with Gasteiger partial charge < -0.3 is 28.6 Å². The Morgan fingerprint density at radius 1 is 0.743 bits per heavy atom. The second kappa shape index (κ2) is 31.5. The van der Waals surface area contributed by atoms with Gasteiger partial charge in [0.1, 0.15) is 12.7 Å². The average molecular weight is 981 g/mol. The molecule has 4 fully saturated rings. The second-order valence-corrected chi connectivity index (χ2v) is 24.0. The van der Waals surface area contributed by atoms with Crippen molar-refractivity contribution in [3.8, 4) is 0 Å². The van der Waals surface area contributed by atoms with E-state index in [4.69, 9.17) is 23.7 Å². The smallest absolute Gasteiger partial charge is 0.308 e. The predicted molar refractivity (Wildman–Crippen MR) is 284 cm³/mol. The number of carbonyl (C=O) groups excluding carboxylic acids is 3. The van der Waals surface area contributed by atoms with Gasteiger partial charge in [-0.15, -0.1) is 0 Å². The van der Waals surface area contributed by atoms with Gasteiger partial charge in [-0.3, -0.25) is 14.4 Å². The SMILES string of the molecule is CCCCCCCC/C=C\CCCCCCCCOCC(CN1CCC(C(=O)OC)CC1)OCCOC(=O)CCC(=O)O[C@H]1CC[C@@]2(C)C(=CC[C@@H]3C2CC[C@@]2(C)[C@@H]3CC[C@H]2[C@H](C)CCCC(C)C)C1. The molecule has 0 N–H and O–H groups in total. The van der Waals surface area contributed by atoms with Crippen LogP contribution in [-0.2, 0) is 38.1 Å². The molecule has 4 aliphatic carbocycles. The summed E-state index contributed by atoms with van der Waals surface area (Å²) in [4.78, 5) is 40.3. The molecular formula is C61H105NO8. The third-order valence-electron chi connectivity index (χ3n) is 18.5. The monoisotopic (exact) mass is 980 g/mol. The lowest BCUT2D eigenvalue weighted by atomic mass is 9.47. The van der Waals surface area contributed by atoms with E-state index in [0.29, 0.717) is 25.2 Å². The van der Waals surface area contributed by atoms with Gasteiger partial charge in [0.25, 0.3) is 0 Å². The first-order chi connectivity index (χ1) is 33.9. The Labute approximate surface area is 428 Å². The molecule has 0 amide bonds. The molecule has 2 unspecified atom stereocenters. The Morgan fingerprint density at radius 3 is 2.13 bits per heavy atom. The van der Waals surface area contributed by atoms with Crippen LogP contribution in [0, 0.1) is 52.3 Å². The number of fused-ring (bicyclic) bond motifs is 5. The summed E-state index contributed by atoms with van der Waals surface area (Å²) in [7, 11) is 1.46. The maximum absolute atomic E-state index is 13.1. The number of esters is 3. The van der Waals surface area contributed by atoms with Crippen molar-refractivity contribution in [3.05, 3.63) is 23.8 Å². The Morgan fingerprint density at radius 2 is 1.43 bits per heavy atom. The first kappa shape index (κ1) is 58.7. The van der Waals surface area contributed by atoms with Crippen molar-refractivity contribution in [2.75, 3.05) is 53.2 Å². The molecule has 1 saturated heterocycles. The number of rotatable bonds is 34. The fraction of sp³-hybridized carbons (Fsp3) is 0.885. The van der Waals surface area contributed by atoms with Crippen molar-refractivity contribution in [1.29, 1.82) is 0 Å². The lowest BCUT2D eigenvalue weighted by molar-refractivity contribution is -0.156. The lowest BCUT2D eigenvalue weighted by Gasteiger charge is -2.58. The van der Waals surface area contributed by atoms with Crippen molar-refractivity contribution >= 4 is 17.9 Å². The Balaban J connectivity index is 0.951. The van der Waals surface area contributed by atoms with Crippen LogP contribution in [0.5, 0.6) is 0 Å². The molecule has 1 aliphatic heterocycles. The second-order valence-electron chi connectivity index (χ2n) is 24.0. The minimum Gasteiger partial charge on any atom is -0.469 e. The first-order valence-electron chi connectivity index (χ1n) is 29.6. The minimum atomic E-state index is -0.404. The number of nitrogens with zero attached hydrogens (tertiary/aromatic N) is 1. The van der Waals surface area contributed by atoms with Gasteiger partial charge in [-0.05, 0) is 149 Å². The van der Waals surface area contributed by atoms with Gasteiger partial charge in [0.2, 0.25) is 0 Å². The highest BCUT2D eigenvalue weighted by molar-refractivity contribution is 5.77. The van der Waals surface area contributed by atoms with Gasteiger partial charge in [0.05, 0.1) is 45.2 Å². The van der Waals surface area contributed by atoms with Crippen LogP contribution in [0.15, 0.2) is 23.8 Å². The van der Waals surface area contributed by atoms with Crippen molar-refractivity contribution in [2.24, 2.45) is 52.3 Å². The molecule has 402 valence electrons. The molecule has 0 aromatic heterocycles. The first-order valence-corrected chi connectivity index (χ1v) is 29.6. The Bertz CT molecular complexity index is 1570. The van der Waals surface area contributed by atoms with Gasteiger partial charge in [0.15, 0.2) is 0 Å². The van der Waals surface area contributed by atoms with Crippen molar-refractivity contribution < 1.29 is 38.1 Å². The maximum Gasteiger partial charge on any atom is 0.308 e. The molecule has 3 saturated carbocycles. The summed E-state index contributed by atoms with van der Waals surface area (Å²) in [5.41, 5.74) is 2.20. The van der Waals surface area contributed by atoms with Gasteiger partial charge >= 0.3 is 17.9 Å².